The van der Waals surface area contributed by atoms with Crippen molar-refractivity contribution in [3.05, 3.63) is 24.3 Å². The predicted molar refractivity (Wildman–Crippen MR) is 111 cm³/mol. The quantitative estimate of drug-likeness (QED) is 0.228. The molecule has 0 saturated carbocycles. The maximum atomic E-state index is 4.22. The van der Waals surface area contributed by atoms with Crippen LogP contribution in [0.3, 0.4) is 0 Å². The van der Waals surface area contributed by atoms with Gasteiger partial charge in [0.15, 0.2) is 0 Å². The molecule has 0 nitrogen and oxygen atoms in total. The summed E-state index contributed by atoms with van der Waals surface area (Å²) in [6, 6.07) is 0. The van der Waals surface area contributed by atoms with Crippen LogP contribution >= 0.6 is 11.8 Å². The van der Waals surface area contributed by atoms with Crippen LogP contribution in [0.25, 0.3) is 0 Å². The molecule has 1 heteroatoms. The lowest BCUT2D eigenvalue weighted by molar-refractivity contribution is 0.478. The van der Waals surface area contributed by atoms with Crippen LogP contribution < -0.4 is 0 Å². The molecule has 0 unspecified atom stereocenters. The molecule has 0 fully saturated rings. The maximum Gasteiger partial charge on any atom is -0.00674 e. The summed E-state index contributed by atoms with van der Waals surface area (Å²) in [6.07, 6.45) is 12.0. The molecule has 0 bridgehead atoms. The lowest BCUT2D eigenvalue weighted by Gasteiger charge is -2.21. The summed E-state index contributed by atoms with van der Waals surface area (Å²) in [5.74, 6) is 3.33. The van der Waals surface area contributed by atoms with Crippen molar-refractivity contribution in [3.63, 3.8) is 0 Å². The van der Waals surface area contributed by atoms with E-state index < -0.39 is 0 Å². The minimum Gasteiger partial charge on any atom is -0.162 e. The molecule has 0 aromatic rings. The minimum atomic E-state index is 0.286. The molecule has 0 N–H and O–H groups in total. The van der Waals surface area contributed by atoms with Crippen LogP contribution in [0.2, 0.25) is 0 Å². The zero-order chi connectivity index (χ0) is 17.7. The molecule has 0 aliphatic carbocycles. The maximum absolute atomic E-state index is 4.22. The molecule has 0 aliphatic heterocycles. The highest BCUT2D eigenvalue weighted by Gasteiger charge is 2.13. The number of unbranched alkanes of at least 4 members (excludes halogenated alkanes) is 5. The van der Waals surface area contributed by atoms with Crippen LogP contribution in [0.15, 0.2) is 24.3 Å². The van der Waals surface area contributed by atoms with Gasteiger partial charge in [-0.1, -0.05) is 78.2 Å². The Labute approximate surface area is 151 Å². The van der Waals surface area contributed by atoms with Crippen LogP contribution in [0.4, 0.5) is 0 Å². The van der Waals surface area contributed by atoms with Crippen molar-refractivity contribution in [3.8, 4) is 0 Å². The molecule has 0 aromatic heterocycles. The molecule has 0 spiro atoms. The second-order valence-corrected chi connectivity index (χ2v) is 9.48. The summed E-state index contributed by atoms with van der Waals surface area (Å²) in [4.78, 5) is 0. The van der Waals surface area contributed by atoms with Crippen molar-refractivity contribution >= 4 is 11.8 Å². The molecule has 0 aromatic carbocycles. The first-order valence-electron chi connectivity index (χ1n) is 9.68. The molecule has 0 aliphatic rings. The van der Waals surface area contributed by atoms with Crippen LogP contribution in [-0.4, -0.2) is 11.5 Å². The van der Waals surface area contributed by atoms with Crippen LogP contribution in [0.5, 0.6) is 0 Å². The first kappa shape index (κ1) is 22.8. The van der Waals surface area contributed by atoms with Gasteiger partial charge >= 0.3 is 0 Å². The fourth-order valence-corrected chi connectivity index (χ4v) is 3.42. The first-order chi connectivity index (χ1) is 10.7. The Balaban J connectivity index is 3.26. The Morgan fingerprint density at radius 3 is 1.83 bits per heavy atom. The SMILES string of the molecule is C=C(CCCCCCCSCCCCC(=C)C(C)(C)C)C(C)C. The Kier molecular flexibility index (Phi) is 13.1. The summed E-state index contributed by atoms with van der Waals surface area (Å²) < 4.78 is 0. The summed E-state index contributed by atoms with van der Waals surface area (Å²) >= 11 is 2.14. The fourth-order valence-electron chi connectivity index (χ4n) is 2.39. The van der Waals surface area contributed by atoms with Gasteiger partial charge in [0.1, 0.15) is 0 Å². The van der Waals surface area contributed by atoms with Gasteiger partial charge in [-0.2, -0.15) is 11.8 Å². The highest BCUT2D eigenvalue weighted by molar-refractivity contribution is 7.99. The van der Waals surface area contributed by atoms with E-state index in [1.54, 1.807) is 0 Å². The standard InChI is InChI=1S/C22H42S/c1-19(2)20(3)15-11-9-8-10-13-17-23-18-14-12-16-21(4)22(5,6)7/h19H,3-4,8-18H2,1-2,5-7H3. The number of rotatable bonds is 14. The van der Waals surface area contributed by atoms with Gasteiger partial charge in [0, 0.05) is 0 Å². The van der Waals surface area contributed by atoms with Gasteiger partial charge in [-0.25, -0.2) is 0 Å². The van der Waals surface area contributed by atoms with Crippen molar-refractivity contribution in [2.45, 2.75) is 92.4 Å². The average molecular weight is 339 g/mol. The van der Waals surface area contributed by atoms with E-state index in [1.165, 1.54) is 80.4 Å². The lowest BCUT2D eigenvalue weighted by Crippen LogP contribution is -2.08. The molecule has 0 rings (SSSR count). The molecule has 136 valence electrons. The normalized spacial score (nSPS) is 11.9. The number of hydrogen-bond acceptors (Lipinski definition) is 1. The van der Waals surface area contributed by atoms with E-state index in [1.807, 2.05) is 0 Å². The Morgan fingerprint density at radius 2 is 1.26 bits per heavy atom. The molecule has 0 amide bonds. The van der Waals surface area contributed by atoms with Gasteiger partial charge in [0.05, 0.1) is 0 Å². The van der Waals surface area contributed by atoms with Crippen LogP contribution in [-0.2, 0) is 0 Å². The number of thioether (sulfide) groups is 1. The third-order valence-electron chi connectivity index (χ3n) is 4.68. The van der Waals surface area contributed by atoms with Gasteiger partial charge in [0.2, 0.25) is 0 Å². The van der Waals surface area contributed by atoms with Crippen LogP contribution in [0.1, 0.15) is 92.4 Å². The van der Waals surface area contributed by atoms with Gasteiger partial charge in [-0.15, -0.1) is 0 Å². The summed E-state index contributed by atoms with van der Waals surface area (Å²) in [7, 11) is 0. The highest BCUT2D eigenvalue weighted by atomic mass is 32.2. The van der Waals surface area contributed by atoms with Crippen molar-refractivity contribution in [1.29, 1.82) is 0 Å². The zero-order valence-electron chi connectivity index (χ0n) is 16.7. The summed E-state index contributed by atoms with van der Waals surface area (Å²) in [5, 5.41) is 0. The van der Waals surface area contributed by atoms with Crippen molar-refractivity contribution in [1.82, 2.24) is 0 Å². The Morgan fingerprint density at radius 1 is 0.783 bits per heavy atom. The second kappa shape index (κ2) is 13.2. The topological polar surface area (TPSA) is 0 Å². The number of hydrogen-bond donors (Lipinski definition) is 0. The lowest BCUT2D eigenvalue weighted by atomic mass is 9.85. The number of allylic oxidation sites excluding steroid dienone is 2. The largest absolute Gasteiger partial charge is 0.162 e. The molecular formula is C22H42S. The van der Waals surface area contributed by atoms with Crippen molar-refractivity contribution in [2.75, 3.05) is 11.5 Å². The highest BCUT2D eigenvalue weighted by Crippen LogP contribution is 2.27. The molecule has 0 atom stereocenters. The van der Waals surface area contributed by atoms with E-state index in [0.717, 1.165) is 0 Å². The van der Waals surface area contributed by atoms with E-state index >= 15 is 0 Å². The van der Waals surface area contributed by atoms with E-state index in [4.69, 9.17) is 0 Å². The fraction of sp³-hybridized carbons (Fsp3) is 0.818. The molecule has 0 saturated heterocycles. The van der Waals surface area contributed by atoms with Gasteiger partial charge < -0.3 is 0 Å². The molecular weight excluding hydrogens is 296 g/mol. The third-order valence-corrected chi connectivity index (χ3v) is 5.84. The molecule has 0 heterocycles. The van der Waals surface area contributed by atoms with Crippen LogP contribution in [0, 0.1) is 11.3 Å². The minimum absolute atomic E-state index is 0.286. The third kappa shape index (κ3) is 13.9. The zero-order valence-corrected chi connectivity index (χ0v) is 17.5. The first-order valence-corrected chi connectivity index (χ1v) is 10.8. The summed E-state index contributed by atoms with van der Waals surface area (Å²) in [6.45, 7) is 19.7. The van der Waals surface area contributed by atoms with Gasteiger partial charge in [-0.05, 0) is 61.4 Å². The van der Waals surface area contributed by atoms with E-state index in [9.17, 15) is 0 Å². The smallest absolute Gasteiger partial charge is 0.00674 e. The second-order valence-electron chi connectivity index (χ2n) is 8.25. The van der Waals surface area contributed by atoms with Crippen molar-refractivity contribution < 1.29 is 0 Å². The molecule has 0 radical (unpaired) electrons. The monoisotopic (exact) mass is 338 g/mol. The Hall–Kier alpha value is -0.170. The predicted octanol–water partition coefficient (Wildman–Crippen LogP) is 8.05. The van der Waals surface area contributed by atoms with Crippen molar-refractivity contribution in [2.24, 2.45) is 11.3 Å². The molecule has 23 heavy (non-hydrogen) atoms. The van der Waals surface area contributed by atoms with E-state index in [0.29, 0.717) is 5.92 Å². The average Bonchev–Trinajstić information content (AvgIpc) is 2.46. The van der Waals surface area contributed by atoms with E-state index in [2.05, 4.69) is 59.5 Å². The Bertz CT molecular complexity index is 319. The van der Waals surface area contributed by atoms with Gasteiger partial charge in [-0.3, -0.25) is 0 Å². The van der Waals surface area contributed by atoms with Gasteiger partial charge in [0.25, 0.3) is 0 Å². The summed E-state index contributed by atoms with van der Waals surface area (Å²) in [5.41, 5.74) is 3.12. The van der Waals surface area contributed by atoms with E-state index in [-0.39, 0.29) is 5.41 Å².